The Hall–Kier alpha value is -0.780. The number of halogens is 2. The van der Waals surface area contributed by atoms with Crippen LogP contribution in [0, 0.1) is 11.8 Å². The van der Waals surface area contributed by atoms with Crippen molar-refractivity contribution < 1.29 is 4.79 Å². The molecule has 0 aliphatic carbocycles. The van der Waals surface area contributed by atoms with Gasteiger partial charge in [-0.3, -0.25) is 9.48 Å². The third-order valence-electron chi connectivity index (χ3n) is 4.29. The first-order valence-electron chi connectivity index (χ1n) is 7.59. The van der Waals surface area contributed by atoms with E-state index in [0.717, 1.165) is 26.2 Å². The first-order valence-corrected chi connectivity index (χ1v) is 7.59. The van der Waals surface area contributed by atoms with Gasteiger partial charge in [-0.1, -0.05) is 6.92 Å². The topological polar surface area (TPSA) is 50.2 Å². The minimum absolute atomic E-state index is 0. The maximum Gasteiger partial charge on any atom is 0.222 e. The van der Waals surface area contributed by atoms with Crippen LogP contribution in [0.5, 0.6) is 0 Å². The first kappa shape index (κ1) is 21.2. The predicted octanol–water partition coefficient (Wildman–Crippen LogP) is 2.21. The Morgan fingerprint density at radius 3 is 2.86 bits per heavy atom. The highest BCUT2D eigenvalue weighted by atomic mass is 35.5. The van der Waals surface area contributed by atoms with E-state index >= 15 is 0 Å². The van der Waals surface area contributed by atoms with Crippen LogP contribution in [0.2, 0.25) is 0 Å². The van der Waals surface area contributed by atoms with Crippen LogP contribution < -0.4 is 5.32 Å². The number of likely N-dealkylation sites (N-methyl/N-ethyl adjacent to an activating group) is 1. The van der Waals surface area contributed by atoms with Gasteiger partial charge in [0.25, 0.3) is 0 Å². The summed E-state index contributed by atoms with van der Waals surface area (Å²) in [7, 11) is 1.89. The molecule has 2 rings (SSSR count). The molecule has 128 valence electrons. The molecule has 1 fully saturated rings. The number of nitrogens with one attached hydrogen (secondary N) is 1. The van der Waals surface area contributed by atoms with Gasteiger partial charge in [0.1, 0.15) is 0 Å². The van der Waals surface area contributed by atoms with E-state index in [1.807, 2.05) is 28.9 Å². The van der Waals surface area contributed by atoms with Crippen molar-refractivity contribution in [3.63, 3.8) is 0 Å². The minimum atomic E-state index is 0. The fourth-order valence-corrected chi connectivity index (χ4v) is 2.77. The van der Waals surface area contributed by atoms with Crippen molar-refractivity contribution in [2.24, 2.45) is 11.8 Å². The van der Waals surface area contributed by atoms with Gasteiger partial charge in [-0.15, -0.1) is 24.8 Å². The molecule has 0 radical (unpaired) electrons. The molecule has 1 aliphatic rings. The third-order valence-corrected chi connectivity index (χ3v) is 4.29. The van der Waals surface area contributed by atoms with Crippen LogP contribution in [0.15, 0.2) is 18.5 Å². The molecular formula is C15H28Cl2N4O. The molecule has 2 atom stereocenters. The second-order valence-corrected chi connectivity index (χ2v) is 5.87. The van der Waals surface area contributed by atoms with E-state index in [2.05, 4.69) is 17.3 Å². The van der Waals surface area contributed by atoms with Gasteiger partial charge in [-0.25, -0.2) is 0 Å². The summed E-state index contributed by atoms with van der Waals surface area (Å²) in [6, 6.07) is 1.90. The Bertz CT molecular complexity index is 408. The summed E-state index contributed by atoms with van der Waals surface area (Å²) in [4.78, 5) is 14.1. The maximum absolute atomic E-state index is 12.2. The number of carbonyl (C=O) groups is 1. The summed E-state index contributed by atoms with van der Waals surface area (Å²) in [6.07, 6.45) is 6.83. The summed E-state index contributed by atoms with van der Waals surface area (Å²) >= 11 is 0. The molecule has 22 heavy (non-hydrogen) atoms. The summed E-state index contributed by atoms with van der Waals surface area (Å²) < 4.78 is 1.86. The first-order chi connectivity index (χ1) is 9.66. The second-order valence-electron chi connectivity index (χ2n) is 5.87. The molecule has 2 unspecified atom stereocenters. The molecule has 1 aliphatic heterocycles. The number of aromatic nitrogens is 2. The van der Waals surface area contributed by atoms with E-state index in [1.165, 1.54) is 12.8 Å². The number of piperidine rings is 1. The van der Waals surface area contributed by atoms with Crippen molar-refractivity contribution in [1.82, 2.24) is 20.0 Å². The average Bonchev–Trinajstić information content (AvgIpc) is 2.98. The molecule has 1 aromatic rings. The quantitative estimate of drug-likeness (QED) is 0.855. The van der Waals surface area contributed by atoms with Crippen molar-refractivity contribution in [3.05, 3.63) is 18.5 Å². The van der Waals surface area contributed by atoms with E-state index in [9.17, 15) is 4.79 Å². The summed E-state index contributed by atoms with van der Waals surface area (Å²) in [5.41, 5.74) is 0. The van der Waals surface area contributed by atoms with Crippen molar-refractivity contribution in [2.45, 2.75) is 32.7 Å². The molecule has 0 bridgehead atoms. The van der Waals surface area contributed by atoms with Crippen LogP contribution in [-0.4, -0.2) is 47.3 Å². The minimum Gasteiger partial charge on any atom is -0.344 e. The third kappa shape index (κ3) is 6.55. The fourth-order valence-electron chi connectivity index (χ4n) is 2.77. The molecule has 1 saturated heterocycles. The summed E-state index contributed by atoms with van der Waals surface area (Å²) in [6.45, 7) is 5.87. The lowest BCUT2D eigenvalue weighted by molar-refractivity contribution is -0.131. The van der Waals surface area contributed by atoms with Gasteiger partial charge in [0.15, 0.2) is 0 Å². The van der Waals surface area contributed by atoms with Crippen LogP contribution in [0.25, 0.3) is 0 Å². The average molecular weight is 351 g/mol. The SMILES string of the molecule is CC(CC(=O)N(C)CCn1cccn1)C1CCCNC1.Cl.Cl. The lowest BCUT2D eigenvalue weighted by atomic mass is 9.85. The standard InChI is InChI=1S/C15H26N4O.2ClH/c1-13(14-5-3-6-16-12-14)11-15(20)18(2)9-10-19-8-4-7-17-19;;/h4,7-8,13-14,16H,3,5-6,9-12H2,1-2H3;2*1H. The Balaban J connectivity index is 0.00000220. The fraction of sp³-hybridized carbons (Fsp3) is 0.733. The maximum atomic E-state index is 12.2. The van der Waals surface area contributed by atoms with Crippen molar-refractivity contribution in [3.8, 4) is 0 Å². The number of rotatable bonds is 6. The van der Waals surface area contributed by atoms with Gasteiger partial charge in [-0.05, 0) is 43.8 Å². The number of carbonyl (C=O) groups excluding carboxylic acids is 1. The van der Waals surface area contributed by atoms with Crippen LogP contribution in [0.4, 0.5) is 0 Å². The van der Waals surface area contributed by atoms with Crippen molar-refractivity contribution >= 4 is 30.7 Å². The molecule has 5 nitrogen and oxygen atoms in total. The molecule has 0 aromatic carbocycles. The van der Waals surface area contributed by atoms with Crippen molar-refractivity contribution in [1.29, 1.82) is 0 Å². The highest BCUT2D eigenvalue weighted by molar-refractivity contribution is 5.85. The van der Waals surface area contributed by atoms with Crippen molar-refractivity contribution in [2.75, 3.05) is 26.7 Å². The zero-order chi connectivity index (χ0) is 14.4. The van der Waals surface area contributed by atoms with E-state index < -0.39 is 0 Å². The molecule has 1 N–H and O–H groups in total. The van der Waals surface area contributed by atoms with Gasteiger partial charge >= 0.3 is 0 Å². The molecule has 7 heteroatoms. The van der Waals surface area contributed by atoms with Gasteiger partial charge in [0, 0.05) is 32.4 Å². The number of hydrogen-bond acceptors (Lipinski definition) is 3. The number of amides is 1. The predicted molar refractivity (Wildman–Crippen MR) is 93.7 cm³/mol. The Kier molecular flexibility index (Phi) is 10.5. The second kappa shape index (κ2) is 10.9. The smallest absolute Gasteiger partial charge is 0.222 e. The van der Waals surface area contributed by atoms with Crippen LogP contribution in [0.3, 0.4) is 0 Å². The van der Waals surface area contributed by atoms with Gasteiger partial charge < -0.3 is 10.2 Å². The number of hydrogen-bond donors (Lipinski definition) is 1. The monoisotopic (exact) mass is 350 g/mol. The Labute approximate surface area is 145 Å². The normalized spacial score (nSPS) is 18.7. The van der Waals surface area contributed by atoms with E-state index in [0.29, 0.717) is 18.3 Å². The molecule has 1 aromatic heterocycles. The molecule has 1 amide bonds. The van der Waals surface area contributed by atoms with Gasteiger partial charge in [-0.2, -0.15) is 5.10 Å². The summed E-state index contributed by atoms with van der Waals surface area (Å²) in [5.74, 6) is 1.35. The van der Waals surface area contributed by atoms with Crippen LogP contribution in [0.1, 0.15) is 26.2 Å². The van der Waals surface area contributed by atoms with E-state index in [-0.39, 0.29) is 30.7 Å². The van der Waals surface area contributed by atoms with Crippen LogP contribution in [-0.2, 0) is 11.3 Å². The zero-order valence-corrected chi connectivity index (χ0v) is 15.0. The molecule has 0 spiro atoms. The Morgan fingerprint density at radius 2 is 2.27 bits per heavy atom. The zero-order valence-electron chi connectivity index (χ0n) is 13.4. The van der Waals surface area contributed by atoms with E-state index in [4.69, 9.17) is 0 Å². The summed E-state index contributed by atoms with van der Waals surface area (Å²) in [5, 5.41) is 7.58. The molecular weight excluding hydrogens is 323 g/mol. The van der Waals surface area contributed by atoms with Crippen LogP contribution >= 0.6 is 24.8 Å². The molecule has 0 saturated carbocycles. The number of nitrogens with zero attached hydrogens (tertiary/aromatic N) is 3. The van der Waals surface area contributed by atoms with Gasteiger partial charge in [0.2, 0.25) is 5.91 Å². The molecule has 2 heterocycles. The lowest BCUT2D eigenvalue weighted by Crippen LogP contribution is -2.36. The largest absolute Gasteiger partial charge is 0.344 e. The highest BCUT2D eigenvalue weighted by Gasteiger charge is 2.23. The highest BCUT2D eigenvalue weighted by Crippen LogP contribution is 2.22. The Morgan fingerprint density at radius 1 is 1.50 bits per heavy atom. The van der Waals surface area contributed by atoms with E-state index in [1.54, 1.807) is 6.20 Å². The lowest BCUT2D eigenvalue weighted by Gasteiger charge is -2.29. The van der Waals surface area contributed by atoms with Gasteiger partial charge in [0.05, 0.1) is 6.54 Å².